The summed E-state index contributed by atoms with van der Waals surface area (Å²) < 4.78 is 29.4. The second kappa shape index (κ2) is 13.2. The Kier molecular flexibility index (Phi) is 11.0. The van der Waals surface area contributed by atoms with Crippen molar-refractivity contribution >= 4 is 14.5 Å². The number of carbonyl (C=O) groups excluding carboxylic acids is 1. The van der Waals surface area contributed by atoms with Crippen molar-refractivity contribution in [1.29, 1.82) is 0 Å². The smallest absolute Gasteiger partial charge is 0.430 e. The molecule has 1 saturated heterocycles. The van der Waals surface area contributed by atoms with E-state index in [1.807, 2.05) is 30.3 Å². The van der Waals surface area contributed by atoms with E-state index in [0.29, 0.717) is 5.92 Å². The summed E-state index contributed by atoms with van der Waals surface area (Å²) in [4.78, 5) is 15.4. The Labute approximate surface area is 214 Å². The number of carbonyl (C=O) groups is 1. The number of aliphatic hydroxyl groups excluding tert-OH is 1. The highest BCUT2D eigenvalue weighted by molar-refractivity contribution is 6.74. The van der Waals surface area contributed by atoms with Crippen LogP contribution in [0.2, 0.25) is 18.1 Å². The van der Waals surface area contributed by atoms with Gasteiger partial charge in [-0.25, -0.2) is 4.79 Å². The zero-order chi connectivity index (χ0) is 26.9. The standard InChI is InChI=1S/C25H39N3O7Si/c1-8-14-31-24(30)34-22-20(27-28-26)23(35-36(6,7)25(4,5)17(2)3)33-19(15-29)21(22)32-16-18-12-10-9-11-13-18/h8-13,17,19-23,29H,1,14-16H2,2-7H3/t19?,20?,21-,22+,23-/m0/s1. The Morgan fingerprint density at radius 2 is 1.97 bits per heavy atom. The van der Waals surface area contributed by atoms with Crippen molar-refractivity contribution in [1.82, 2.24) is 0 Å². The molecule has 1 aliphatic heterocycles. The largest absolute Gasteiger partial charge is 0.508 e. The summed E-state index contributed by atoms with van der Waals surface area (Å²) in [5.41, 5.74) is 10.2. The minimum atomic E-state index is -2.49. The van der Waals surface area contributed by atoms with Crippen molar-refractivity contribution in [2.75, 3.05) is 13.2 Å². The quantitative estimate of drug-likeness (QED) is 0.0981. The lowest BCUT2D eigenvalue weighted by molar-refractivity contribution is -0.257. The number of hydrogen-bond donors (Lipinski definition) is 1. The maximum atomic E-state index is 12.5. The van der Waals surface area contributed by atoms with E-state index in [1.165, 1.54) is 6.08 Å². The Morgan fingerprint density at radius 1 is 1.31 bits per heavy atom. The van der Waals surface area contributed by atoms with Gasteiger partial charge in [0, 0.05) is 4.91 Å². The number of rotatable bonds is 12. The van der Waals surface area contributed by atoms with Crippen LogP contribution < -0.4 is 0 Å². The van der Waals surface area contributed by atoms with Gasteiger partial charge in [-0.05, 0) is 35.1 Å². The molecule has 1 heterocycles. The summed E-state index contributed by atoms with van der Waals surface area (Å²) in [5, 5.41) is 13.9. The molecule has 1 fully saturated rings. The Bertz CT molecular complexity index is 906. The fourth-order valence-electron chi connectivity index (χ4n) is 3.83. The monoisotopic (exact) mass is 521 g/mol. The molecule has 0 amide bonds. The third-order valence-electron chi connectivity index (χ3n) is 7.22. The van der Waals surface area contributed by atoms with Gasteiger partial charge in [-0.3, -0.25) is 0 Å². The zero-order valence-electron chi connectivity index (χ0n) is 22.0. The van der Waals surface area contributed by atoms with E-state index in [0.717, 1.165) is 5.56 Å². The van der Waals surface area contributed by atoms with E-state index >= 15 is 0 Å². The number of nitrogens with zero attached hydrogens (tertiary/aromatic N) is 3. The average molecular weight is 522 g/mol. The molecule has 2 unspecified atom stereocenters. The van der Waals surface area contributed by atoms with Crippen LogP contribution in [0.5, 0.6) is 0 Å². The summed E-state index contributed by atoms with van der Waals surface area (Å²) in [6.07, 6.45) is -3.64. The Morgan fingerprint density at radius 3 is 2.53 bits per heavy atom. The molecule has 10 nitrogen and oxygen atoms in total. The second-order valence-electron chi connectivity index (χ2n) is 10.1. The molecule has 0 aromatic heterocycles. The summed E-state index contributed by atoms with van der Waals surface area (Å²) in [6.45, 7) is 15.8. The molecule has 2 rings (SSSR count). The predicted molar refractivity (Wildman–Crippen MR) is 138 cm³/mol. The van der Waals surface area contributed by atoms with Crippen molar-refractivity contribution in [3.63, 3.8) is 0 Å². The fourth-order valence-corrected chi connectivity index (χ4v) is 6.30. The normalized spacial score (nSPS) is 24.6. The molecule has 0 radical (unpaired) electrons. The summed E-state index contributed by atoms with van der Waals surface area (Å²) in [6, 6.07) is 8.31. The lowest BCUT2D eigenvalue weighted by Crippen LogP contribution is -2.63. The third-order valence-corrected chi connectivity index (χ3v) is 11.7. The fraction of sp³-hybridized carbons (Fsp3) is 0.640. The zero-order valence-corrected chi connectivity index (χ0v) is 23.0. The van der Waals surface area contributed by atoms with Gasteiger partial charge in [-0.2, -0.15) is 0 Å². The van der Waals surface area contributed by atoms with Crippen LogP contribution in [0.25, 0.3) is 10.4 Å². The van der Waals surface area contributed by atoms with E-state index in [9.17, 15) is 15.4 Å². The van der Waals surface area contributed by atoms with Crippen LogP contribution >= 0.6 is 0 Å². The first-order valence-corrected chi connectivity index (χ1v) is 15.0. The molecule has 200 valence electrons. The molecule has 5 atom stereocenters. The van der Waals surface area contributed by atoms with Crippen molar-refractivity contribution in [3.8, 4) is 0 Å². The molecule has 1 aliphatic rings. The molecule has 11 heteroatoms. The highest BCUT2D eigenvalue weighted by atomic mass is 28.4. The minimum Gasteiger partial charge on any atom is -0.430 e. The minimum absolute atomic E-state index is 0.0599. The van der Waals surface area contributed by atoms with Crippen LogP contribution in [-0.4, -0.2) is 63.4 Å². The van der Waals surface area contributed by atoms with E-state index < -0.39 is 51.7 Å². The lowest BCUT2D eigenvalue weighted by atomic mass is 9.97. The first-order chi connectivity index (χ1) is 17.0. The van der Waals surface area contributed by atoms with Gasteiger partial charge in [0.1, 0.15) is 31.0 Å². The summed E-state index contributed by atoms with van der Waals surface area (Å²) in [5.74, 6) is 0.303. The highest BCUT2D eigenvalue weighted by Gasteiger charge is 2.53. The van der Waals surface area contributed by atoms with Crippen molar-refractivity contribution in [2.45, 2.75) is 83.1 Å². The molecule has 0 spiro atoms. The summed E-state index contributed by atoms with van der Waals surface area (Å²) in [7, 11) is -2.49. The molecule has 1 aromatic carbocycles. The Balaban J connectivity index is 2.42. The van der Waals surface area contributed by atoms with Crippen LogP contribution in [0, 0.1) is 5.92 Å². The number of azide groups is 1. The highest BCUT2D eigenvalue weighted by Crippen LogP contribution is 2.46. The van der Waals surface area contributed by atoms with E-state index in [2.05, 4.69) is 57.4 Å². The van der Waals surface area contributed by atoms with Crippen LogP contribution in [0.3, 0.4) is 0 Å². The van der Waals surface area contributed by atoms with Gasteiger partial charge in [0.2, 0.25) is 0 Å². The molecule has 1 aromatic rings. The van der Waals surface area contributed by atoms with Crippen molar-refractivity contribution in [2.24, 2.45) is 11.0 Å². The molecular weight excluding hydrogens is 482 g/mol. The molecule has 36 heavy (non-hydrogen) atoms. The third kappa shape index (κ3) is 7.31. The molecule has 0 saturated carbocycles. The van der Waals surface area contributed by atoms with Gasteiger partial charge < -0.3 is 28.5 Å². The number of benzene rings is 1. The van der Waals surface area contributed by atoms with Crippen molar-refractivity contribution < 1.29 is 33.3 Å². The van der Waals surface area contributed by atoms with Crippen LogP contribution in [0.15, 0.2) is 48.1 Å². The van der Waals surface area contributed by atoms with Crippen molar-refractivity contribution in [3.05, 3.63) is 59.0 Å². The first kappa shape index (κ1) is 29.8. The maximum absolute atomic E-state index is 12.5. The van der Waals surface area contributed by atoms with Gasteiger partial charge >= 0.3 is 6.16 Å². The van der Waals surface area contributed by atoms with Crippen LogP contribution in [0.1, 0.15) is 33.3 Å². The summed E-state index contributed by atoms with van der Waals surface area (Å²) >= 11 is 0. The Hall–Kier alpha value is -2.40. The second-order valence-corrected chi connectivity index (χ2v) is 14.7. The topological polar surface area (TPSA) is 132 Å². The van der Waals surface area contributed by atoms with Gasteiger partial charge in [0.05, 0.1) is 13.2 Å². The lowest BCUT2D eigenvalue weighted by Gasteiger charge is -2.49. The van der Waals surface area contributed by atoms with Crippen LogP contribution in [-0.2, 0) is 30.0 Å². The number of ether oxygens (including phenoxy) is 4. The molecular formula is C25H39N3O7Si. The maximum Gasteiger partial charge on any atom is 0.508 e. The van der Waals surface area contributed by atoms with Gasteiger partial charge in [0.25, 0.3) is 0 Å². The first-order valence-electron chi connectivity index (χ1n) is 12.1. The molecule has 0 aliphatic carbocycles. The van der Waals surface area contributed by atoms with E-state index in [-0.39, 0.29) is 18.3 Å². The van der Waals surface area contributed by atoms with Gasteiger partial charge in [-0.15, -0.1) is 0 Å². The number of hydrogen-bond acceptors (Lipinski definition) is 8. The number of aliphatic hydroxyl groups is 1. The average Bonchev–Trinajstić information content (AvgIpc) is 2.84. The molecule has 0 bridgehead atoms. The van der Waals surface area contributed by atoms with E-state index in [4.69, 9.17) is 23.4 Å². The van der Waals surface area contributed by atoms with Gasteiger partial charge in [0.15, 0.2) is 14.6 Å². The predicted octanol–water partition coefficient (Wildman–Crippen LogP) is 5.33. The molecule has 1 N–H and O–H groups in total. The van der Waals surface area contributed by atoms with E-state index in [1.54, 1.807) is 0 Å². The SMILES string of the molecule is C=CCOC(=O)O[C@@H]1C(N=[N+]=[N-])[C@H](O[Si](C)(C)C(C)(C)C(C)C)OC(CO)[C@@H]1OCc1ccccc1. The van der Waals surface area contributed by atoms with Gasteiger partial charge in [-0.1, -0.05) is 75.8 Å². The van der Waals surface area contributed by atoms with Crippen LogP contribution in [0.4, 0.5) is 4.79 Å².